The fourth-order valence-electron chi connectivity index (χ4n) is 3.68. The van der Waals surface area contributed by atoms with E-state index in [1.807, 2.05) is 0 Å². The molecule has 10 nitrogen and oxygen atoms in total. The normalized spacial score (nSPS) is 21.7. The molecule has 11 heteroatoms. The van der Waals surface area contributed by atoms with Crippen LogP contribution in [0.4, 0.5) is 10.5 Å². The largest absolute Gasteiger partial charge is 0.379 e. The number of carbonyl (C=O) groups is 3. The van der Waals surface area contributed by atoms with E-state index in [1.54, 1.807) is 0 Å². The van der Waals surface area contributed by atoms with Gasteiger partial charge in [0.25, 0.3) is 5.91 Å². The Balaban J connectivity index is 1.38. The van der Waals surface area contributed by atoms with Gasteiger partial charge in [0.15, 0.2) is 0 Å². The van der Waals surface area contributed by atoms with E-state index in [0.29, 0.717) is 44.8 Å². The quantitative estimate of drug-likeness (QED) is 0.650. The van der Waals surface area contributed by atoms with Gasteiger partial charge in [-0.2, -0.15) is 4.31 Å². The van der Waals surface area contributed by atoms with Gasteiger partial charge in [0.1, 0.15) is 12.1 Å². The molecule has 2 aliphatic heterocycles. The van der Waals surface area contributed by atoms with E-state index in [2.05, 4.69) is 10.6 Å². The van der Waals surface area contributed by atoms with E-state index in [0.717, 1.165) is 11.3 Å². The minimum atomic E-state index is -3.62. The molecule has 1 aromatic carbocycles. The number of morpholine rings is 1. The SMILES string of the molecule is O=C(CN1C(=O)NC2(CCC2)C1=O)Nc1ccc(S(=O)(=O)N2CCOCC2)cc1. The van der Waals surface area contributed by atoms with Crippen LogP contribution in [-0.2, 0) is 24.3 Å². The van der Waals surface area contributed by atoms with Crippen molar-refractivity contribution in [1.82, 2.24) is 14.5 Å². The lowest BCUT2D eigenvalue weighted by molar-refractivity contribution is -0.136. The summed E-state index contributed by atoms with van der Waals surface area (Å²) in [5, 5.41) is 5.26. The zero-order valence-corrected chi connectivity index (χ0v) is 16.5. The summed E-state index contributed by atoms with van der Waals surface area (Å²) in [6, 6.07) is 5.22. The second-order valence-corrected chi connectivity index (χ2v) is 9.28. The van der Waals surface area contributed by atoms with Crippen molar-refractivity contribution in [1.29, 1.82) is 0 Å². The molecule has 2 N–H and O–H groups in total. The van der Waals surface area contributed by atoms with Crippen molar-refractivity contribution in [2.24, 2.45) is 0 Å². The highest BCUT2D eigenvalue weighted by atomic mass is 32.2. The standard InChI is InChI=1S/C18H22N4O6S/c23-15(12-22-16(24)18(6-1-7-18)20-17(22)25)19-13-2-4-14(5-3-13)29(26,27)21-8-10-28-11-9-21/h2-5H,1,6-12H2,(H,19,23)(H,20,25). The zero-order chi connectivity index (χ0) is 20.6. The molecule has 1 spiro atoms. The summed E-state index contributed by atoms with van der Waals surface area (Å²) in [6.45, 7) is 0.928. The molecule has 3 aliphatic rings. The minimum Gasteiger partial charge on any atom is -0.379 e. The van der Waals surface area contributed by atoms with Crippen molar-refractivity contribution in [2.45, 2.75) is 29.7 Å². The third-order valence-corrected chi connectivity index (χ3v) is 7.41. The molecule has 2 saturated heterocycles. The zero-order valence-electron chi connectivity index (χ0n) is 15.7. The Kier molecular flexibility index (Phi) is 5.05. The first-order valence-electron chi connectivity index (χ1n) is 9.44. The number of carbonyl (C=O) groups excluding carboxylic acids is 3. The van der Waals surface area contributed by atoms with Crippen molar-refractivity contribution in [3.05, 3.63) is 24.3 Å². The fourth-order valence-corrected chi connectivity index (χ4v) is 5.09. The smallest absolute Gasteiger partial charge is 0.325 e. The summed E-state index contributed by atoms with van der Waals surface area (Å²) in [7, 11) is -3.62. The van der Waals surface area contributed by atoms with Gasteiger partial charge < -0.3 is 15.4 Å². The number of amides is 4. The third kappa shape index (κ3) is 3.61. The highest BCUT2D eigenvalue weighted by Crippen LogP contribution is 2.37. The van der Waals surface area contributed by atoms with Gasteiger partial charge in [-0.15, -0.1) is 0 Å². The van der Waals surface area contributed by atoms with Crippen LogP contribution in [0.5, 0.6) is 0 Å². The molecule has 0 radical (unpaired) electrons. The predicted octanol–water partition coefficient (Wildman–Crippen LogP) is 0.121. The van der Waals surface area contributed by atoms with E-state index < -0.39 is 27.5 Å². The molecule has 2 heterocycles. The van der Waals surface area contributed by atoms with Gasteiger partial charge in [-0.3, -0.25) is 14.5 Å². The van der Waals surface area contributed by atoms with Crippen molar-refractivity contribution in [3.63, 3.8) is 0 Å². The summed E-state index contributed by atoms with van der Waals surface area (Å²) in [6.07, 6.45) is 2.05. The van der Waals surface area contributed by atoms with Crippen LogP contribution in [0.2, 0.25) is 0 Å². The lowest BCUT2D eigenvalue weighted by Gasteiger charge is -2.34. The maximum Gasteiger partial charge on any atom is 0.325 e. The van der Waals surface area contributed by atoms with Crippen LogP contribution in [0.1, 0.15) is 19.3 Å². The van der Waals surface area contributed by atoms with Gasteiger partial charge in [-0.05, 0) is 43.5 Å². The molecule has 4 rings (SSSR count). The number of sulfonamides is 1. The number of hydrogen-bond donors (Lipinski definition) is 2. The summed E-state index contributed by atoms with van der Waals surface area (Å²) in [4.78, 5) is 37.7. The molecule has 4 amide bonds. The van der Waals surface area contributed by atoms with Gasteiger partial charge in [-0.25, -0.2) is 13.2 Å². The fraction of sp³-hybridized carbons (Fsp3) is 0.500. The Morgan fingerprint density at radius 1 is 1.14 bits per heavy atom. The monoisotopic (exact) mass is 422 g/mol. The third-order valence-electron chi connectivity index (χ3n) is 5.50. The first-order valence-corrected chi connectivity index (χ1v) is 10.9. The van der Waals surface area contributed by atoms with E-state index in [4.69, 9.17) is 4.74 Å². The highest BCUT2D eigenvalue weighted by Gasteiger charge is 2.54. The second kappa shape index (κ2) is 7.39. The molecular formula is C18H22N4O6S. The molecule has 29 heavy (non-hydrogen) atoms. The molecular weight excluding hydrogens is 400 g/mol. The average Bonchev–Trinajstić information content (AvgIpc) is 2.94. The molecule has 0 atom stereocenters. The summed E-state index contributed by atoms with van der Waals surface area (Å²) < 4.78 is 31.8. The number of nitrogens with zero attached hydrogens (tertiary/aromatic N) is 2. The number of urea groups is 1. The highest BCUT2D eigenvalue weighted by molar-refractivity contribution is 7.89. The van der Waals surface area contributed by atoms with Crippen LogP contribution >= 0.6 is 0 Å². The first-order chi connectivity index (χ1) is 13.8. The average molecular weight is 422 g/mol. The Hall–Kier alpha value is -2.50. The Morgan fingerprint density at radius 3 is 2.34 bits per heavy atom. The maximum atomic E-state index is 12.6. The number of rotatable bonds is 5. The van der Waals surface area contributed by atoms with Crippen LogP contribution in [0.3, 0.4) is 0 Å². The van der Waals surface area contributed by atoms with Crippen LogP contribution < -0.4 is 10.6 Å². The number of anilines is 1. The van der Waals surface area contributed by atoms with Crippen LogP contribution in [-0.4, -0.2) is 73.9 Å². The molecule has 156 valence electrons. The van der Waals surface area contributed by atoms with Crippen molar-refractivity contribution in [3.8, 4) is 0 Å². The number of ether oxygens (including phenoxy) is 1. The van der Waals surface area contributed by atoms with Crippen LogP contribution in [0.25, 0.3) is 0 Å². The minimum absolute atomic E-state index is 0.124. The maximum absolute atomic E-state index is 12.6. The van der Waals surface area contributed by atoms with Crippen molar-refractivity contribution < 1.29 is 27.5 Å². The molecule has 1 aromatic rings. The summed E-state index contributed by atoms with van der Waals surface area (Å²) >= 11 is 0. The molecule has 0 bridgehead atoms. The topological polar surface area (TPSA) is 125 Å². The Morgan fingerprint density at radius 2 is 1.79 bits per heavy atom. The molecule has 0 unspecified atom stereocenters. The summed E-state index contributed by atoms with van der Waals surface area (Å²) in [5.41, 5.74) is -0.450. The van der Waals surface area contributed by atoms with Gasteiger partial charge in [0.05, 0.1) is 18.1 Å². The Labute approximate surface area is 168 Å². The van der Waals surface area contributed by atoms with Crippen LogP contribution in [0.15, 0.2) is 29.2 Å². The van der Waals surface area contributed by atoms with E-state index >= 15 is 0 Å². The second-order valence-electron chi connectivity index (χ2n) is 7.35. The van der Waals surface area contributed by atoms with Crippen LogP contribution in [0, 0.1) is 0 Å². The van der Waals surface area contributed by atoms with E-state index in [1.165, 1.54) is 28.6 Å². The van der Waals surface area contributed by atoms with Gasteiger partial charge in [0.2, 0.25) is 15.9 Å². The molecule has 0 aromatic heterocycles. The van der Waals surface area contributed by atoms with Gasteiger partial charge in [-0.1, -0.05) is 0 Å². The number of nitrogens with one attached hydrogen (secondary N) is 2. The lowest BCUT2D eigenvalue weighted by Crippen LogP contribution is -2.52. The number of hydrogen-bond acceptors (Lipinski definition) is 6. The number of benzene rings is 1. The lowest BCUT2D eigenvalue weighted by atomic mass is 9.77. The van der Waals surface area contributed by atoms with Crippen molar-refractivity contribution >= 4 is 33.6 Å². The first kappa shape index (κ1) is 19.8. The number of imide groups is 1. The predicted molar refractivity (Wildman–Crippen MR) is 101 cm³/mol. The summed E-state index contributed by atoms with van der Waals surface area (Å²) in [5.74, 6) is -0.899. The molecule has 1 aliphatic carbocycles. The van der Waals surface area contributed by atoms with Crippen molar-refractivity contribution in [2.75, 3.05) is 38.2 Å². The van der Waals surface area contributed by atoms with E-state index in [9.17, 15) is 22.8 Å². The Bertz CT molecular complexity index is 936. The van der Waals surface area contributed by atoms with Gasteiger partial charge in [0, 0.05) is 18.8 Å². The molecule has 1 saturated carbocycles. The van der Waals surface area contributed by atoms with E-state index in [-0.39, 0.29) is 17.3 Å². The molecule has 3 fully saturated rings. The van der Waals surface area contributed by atoms with Gasteiger partial charge >= 0.3 is 6.03 Å².